The smallest absolute Gasteiger partial charge is 0.308 e. The van der Waals surface area contributed by atoms with Gasteiger partial charge in [-0.15, -0.1) is 0 Å². The van der Waals surface area contributed by atoms with E-state index in [9.17, 15) is 9.90 Å². The molecule has 1 saturated heterocycles. The van der Waals surface area contributed by atoms with E-state index in [0.29, 0.717) is 19.2 Å². The van der Waals surface area contributed by atoms with E-state index < -0.39 is 6.10 Å². The maximum Gasteiger partial charge on any atom is 0.308 e. The molecule has 0 amide bonds. The number of nitrogens with zero attached hydrogens (tertiary/aromatic N) is 1. The molecule has 2 N–H and O–H groups in total. The van der Waals surface area contributed by atoms with Crippen LogP contribution >= 0.6 is 0 Å². The molecular formula is C13H26N2O3. The number of rotatable bonds is 8. The Morgan fingerprint density at radius 1 is 1.39 bits per heavy atom. The molecule has 5 nitrogen and oxygen atoms in total. The minimum atomic E-state index is -0.658. The molecule has 1 rings (SSSR count). The van der Waals surface area contributed by atoms with Gasteiger partial charge in [0.2, 0.25) is 0 Å². The zero-order valence-corrected chi connectivity index (χ0v) is 11.5. The standard InChI is InChI=1S/C13H26N2O3/c1-3-18-13(17)8-12(16)10-14-9-11(2)15-6-4-5-7-15/h11-12,14,16H,3-10H2,1-2H3. The number of carbonyl (C=O) groups is 1. The number of hydrogen-bond acceptors (Lipinski definition) is 5. The number of ether oxygens (including phenoxy) is 1. The molecule has 2 atom stereocenters. The Morgan fingerprint density at radius 2 is 2.06 bits per heavy atom. The third-order valence-electron chi connectivity index (χ3n) is 3.29. The monoisotopic (exact) mass is 258 g/mol. The van der Waals surface area contributed by atoms with Crippen molar-refractivity contribution in [3.8, 4) is 0 Å². The summed E-state index contributed by atoms with van der Waals surface area (Å²) >= 11 is 0. The molecule has 18 heavy (non-hydrogen) atoms. The Labute approximate surface area is 109 Å². The number of aliphatic hydroxyl groups is 1. The summed E-state index contributed by atoms with van der Waals surface area (Å²) in [5, 5.41) is 12.9. The number of esters is 1. The number of likely N-dealkylation sites (tertiary alicyclic amines) is 1. The molecule has 1 heterocycles. The minimum Gasteiger partial charge on any atom is -0.466 e. The van der Waals surface area contributed by atoms with Crippen molar-refractivity contribution in [3.63, 3.8) is 0 Å². The molecule has 2 unspecified atom stereocenters. The molecule has 0 aliphatic carbocycles. The van der Waals surface area contributed by atoms with Crippen LogP contribution in [0, 0.1) is 0 Å². The van der Waals surface area contributed by atoms with Crippen molar-refractivity contribution in [1.82, 2.24) is 10.2 Å². The Balaban J connectivity index is 2.07. The van der Waals surface area contributed by atoms with E-state index in [2.05, 4.69) is 17.1 Å². The predicted molar refractivity (Wildman–Crippen MR) is 70.4 cm³/mol. The van der Waals surface area contributed by atoms with Gasteiger partial charge >= 0.3 is 5.97 Å². The van der Waals surface area contributed by atoms with Gasteiger partial charge < -0.3 is 15.2 Å². The van der Waals surface area contributed by atoms with Gasteiger partial charge in [-0.1, -0.05) is 0 Å². The fourth-order valence-corrected chi connectivity index (χ4v) is 2.25. The number of aliphatic hydroxyl groups excluding tert-OH is 1. The Hall–Kier alpha value is -0.650. The van der Waals surface area contributed by atoms with Crippen LogP contribution < -0.4 is 5.32 Å². The summed E-state index contributed by atoms with van der Waals surface area (Å²) in [6.07, 6.45) is 1.99. The molecule has 0 bridgehead atoms. The average Bonchev–Trinajstić information content (AvgIpc) is 2.82. The first kappa shape index (κ1) is 15.4. The van der Waals surface area contributed by atoms with Gasteiger partial charge in [0.1, 0.15) is 0 Å². The highest BCUT2D eigenvalue weighted by Crippen LogP contribution is 2.10. The number of nitrogens with one attached hydrogen (secondary N) is 1. The van der Waals surface area contributed by atoms with Gasteiger partial charge in [-0.2, -0.15) is 0 Å². The van der Waals surface area contributed by atoms with Crippen LogP contribution in [-0.4, -0.2) is 60.9 Å². The molecule has 1 aliphatic heterocycles. The molecule has 5 heteroatoms. The van der Waals surface area contributed by atoms with E-state index in [4.69, 9.17) is 4.74 Å². The van der Waals surface area contributed by atoms with E-state index in [-0.39, 0.29) is 12.4 Å². The lowest BCUT2D eigenvalue weighted by Gasteiger charge is -2.24. The molecule has 0 aromatic heterocycles. The van der Waals surface area contributed by atoms with Crippen molar-refractivity contribution in [2.45, 2.75) is 45.3 Å². The molecule has 0 radical (unpaired) electrons. The fourth-order valence-electron chi connectivity index (χ4n) is 2.25. The van der Waals surface area contributed by atoms with E-state index in [1.54, 1.807) is 6.92 Å². The lowest BCUT2D eigenvalue weighted by atomic mass is 10.2. The van der Waals surface area contributed by atoms with Crippen LogP contribution in [0.3, 0.4) is 0 Å². The zero-order chi connectivity index (χ0) is 13.4. The predicted octanol–water partition coefficient (Wildman–Crippen LogP) is 0.374. The highest BCUT2D eigenvalue weighted by atomic mass is 16.5. The Morgan fingerprint density at radius 3 is 2.67 bits per heavy atom. The first-order valence-electron chi connectivity index (χ1n) is 6.92. The summed E-state index contributed by atoms with van der Waals surface area (Å²) in [6, 6.07) is 0.488. The van der Waals surface area contributed by atoms with Crippen LogP contribution in [0.1, 0.15) is 33.1 Å². The zero-order valence-electron chi connectivity index (χ0n) is 11.5. The Bertz CT molecular complexity index is 242. The van der Waals surface area contributed by atoms with Crippen molar-refractivity contribution in [3.05, 3.63) is 0 Å². The highest BCUT2D eigenvalue weighted by Gasteiger charge is 2.18. The lowest BCUT2D eigenvalue weighted by molar-refractivity contribution is -0.145. The summed E-state index contributed by atoms with van der Waals surface area (Å²) in [7, 11) is 0. The van der Waals surface area contributed by atoms with Crippen molar-refractivity contribution in [1.29, 1.82) is 0 Å². The number of carbonyl (C=O) groups excluding carboxylic acids is 1. The average molecular weight is 258 g/mol. The van der Waals surface area contributed by atoms with Gasteiger partial charge in [-0.05, 0) is 39.8 Å². The van der Waals surface area contributed by atoms with E-state index in [1.165, 1.54) is 25.9 Å². The SMILES string of the molecule is CCOC(=O)CC(O)CNCC(C)N1CCCC1. The fraction of sp³-hybridized carbons (Fsp3) is 0.923. The third kappa shape index (κ3) is 5.80. The summed E-state index contributed by atoms with van der Waals surface area (Å²) < 4.78 is 4.79. The van der Waals surface area contributed by atoms with E-state index >= 15 is 0 Å². The lowest BCUT2D eigenvalue weighted by Crippen LogP contribution is -2.41. The van der Waals surface area contributed by atoms with Crippen molar-refractivity contribution in [2.24, 2.45) is 0 Å². The summed E-state index contributed by atoms with van der Waals surface area (Å²) in [5.74, 6) is -0.334. The van der Waals surface area contributed by atoms with Gasteiger partial charge in [0.15, 0.2) is 0 Å². The molecule has 0 aromatic carbocycles. The second-order valence-electron chi connectivity index (χ2n) is 4.91. The third-order valence-corrected chi connectivity index (χ3v) is 3.29. The van der Waals surface area contributed by atoms with Gasteiger partial charge in [-0.3, -0.25) is 9.69 Å². The molecule has 1 fully saturated rings. The van der Waals surface area contributed by atoms with E-state index in [1.807, 2.05) is 0 Å². The second-order valence-corrected chi connectivity index (χ2v) is 4.91. The van der Waals surface area contributed by atoms with Crippen LogP contribution in [0.4, 0.5) is 0 Å². The van der Waals surface area contributed by atoms with Crippen LogP contribution in [0.15, 0.2) is 0 Å². The first-order valence-corrected chi connectivity index (χ1v) is 6.92. The maximum atomic E-state index is 11.1. The molecular weight excluding hydrogens is 232 g/mol. The second kappa shape index (κ2) is 8.45. The van der Waals surface area contributed by atoms with Crippen LogP contribution in [0.25, 0.3) is 0 Å². The molecule has 0 saturated carbocycles. The summed E-state index contributed by atoms with van der Waals surface area (Å²) in [4.78, 5) is 13.6. The van der Waals surface area contributed by atoms with E-state index in [0.717, 1.165) is 6.54 Å². The van der Waals surface area contributed by atoms with Gasteiger partial charge in [0, 0.05) is 19.1 Å². The van der Waals surface area contributed by atoms with Crippen LogP contribution in [0.5, 0.6) is 0 Å². The molecule has 106 valence electrons. The normalized spacial score (nSPS) is 19.7. The molecule has 1 aliphatic rings. The maximum absolute atomic E-state index is 11.1. The quantitative estimate of drug-likeness (QED) is 0.616. The van der Waals surface area contributed by atoms with Crippen molar-refractivity contribution >= 4 is 5.97 Å². The van der Waals surface area contributed by atoms with Crippen molar-refractivity contribution in [2.75, 3.05) is 32.8 Å². The summed E-state index contributed by atoms with van der Waals surface area (Å²) in [6.45, 7) is 7.96. The van der Waals surface area contributed by atoms with Crippen LogP contribution in [-0.2, 0) is 9.53 Å². The summed E-state index contributed by atoms with van der Waals surface area (Å²) in [5.41, 5.74) is 0. The topological polar surface area (TPSA) is 61.8 Å². The molecule has 0 aromatic rings. The minimum absolute atomic E-state index is 0.0684. The van der Waals surface area contributed by atoms with Gasteiger partial charge in [0.05, 0.1) is 19.1 Å². The highest BCUT2D eigenvalue weighted by molar-refractivity contribution is 5.69. The van der Waals surface area contributed by atoms with Crippen molar-refractivity contribution < 1.29 is 14.6 Å². The first-order chi connectivity index (χ1) is 8.63. The van der Waals surface area contributed by atoms with Gasteiger partial charge in [0.25, 0.3) is 0 Å². The largest absolute Gasteiger partial charge is 0.466 e. The number of hydrogen-bond donors (Lipinski definition) is 2. The molecule has 0 spiro atoms. The van der Waals surface area contributed by atoms with Crippen LogP contribution in [0.2, 0.25) is 0 Å². The Kier molecular flexibility index (Phi) is 7.23. The van der Waals surface area contributed by atoms with Gasteiger partial charge in [-0.25, -0.2) is 0 Å².